The van der Waals surface area contributed by atoms with Gasteiger partial charge in [-0.2, -0.15) is 18.4 Å². The van der Waals surface area contributed by atoms with Gasteiger partial charge in [0.1, 0.15) is 11.8 Å². The van der Waals surface area contributed by atoms with Crippen LogP contribution < -0.4 is 4.74 Å². The molecule has 21 heavy (non-hydrogen) atoms. The molecule has 0 amide bonds. The highest BCUT2D eigenvalue weighted by molar-refractivity contribution is 8.00. The number of nitrogens with zero attached hydrogens (tertiary/aromatic N) is 1. The molecule has 114 valence electrons. The van der Waals surface area contributed by atoms with Gasteiger partial charge < -0.3 is 9.47 Å². The lowest BCUT2D eigenvalue weighted by Gasteiger charge is -2.15. The smallest absolute Gasteiger partial charge is 0.446 e. The minimum absolute atomic E-state index is 0.00248. The van der Waals surface area contributed by atoms with Gasteiger partial charge in [-0.3, -0.25) is 4.79 Å². The fourth-order valence-electron chi connectivity index (χ4n) is 1.65. The van der Waals surface area contributed by atoms with Gasteiger partial charge >= 0.3 is 11.5 Å². The zero-order chi connectivity index (χ0) is 16.0. The molecule has 0 aliphatic carbocycles. The normalized spacial score (nSPS) is 10.9. The van der Waals surface area contributed by atoms with Crippen LogP contribution in [0.4, 0.5) is 13.2 Å². The summed E-state index contributed by atoms with van der Waals surface area (Å²) in [6.07, 6.45) is -0.398. The summed E-state index contributed by atoms with van der Waals surface area (Å²) in [4.78, 5) is 11.2. The van der Waals surface area contributed by atoms with E-state index in [4.69, 9.17) is 14.7 Å². The van der Waals surface area contributed by atoms with Crippen molar-refractivity contribution in [3.05, 3.63) is 23.3 Å². The fraction of sp³-hybridized carbons (Fsp3) is 0.385. The topological polar surface area (TPSA) is 59.3 Å². The molecule has 0 spiro atoms. The first kappa shape index (κ1) is 17.2. The number of hydrogen-bond acceptors (Lipinski definition) is 5. The summed E-state index contributed by atoms with van der Waals surface area (Å²) < 4.78 is 47.7. The van der Waals surface area contributed by atoms with Crippen LogP contribution in [0, 0.1) is 11.3 Å². The van der Waals surface area contributed by atoms with Gasteiger partial charge in [0.15, 0.2) is 0 Å². The predicted octanol–water partition coefficient (Wildman–Crippen LogP) is 3.28. The largest absolute Gasteiger partial charge is 0.496 e. The molecule has 4 nitrogen and oxygen atoms in total. The third kappa shape index (κ3) is 4.86. The first-order valence-corrected chi connectivity index (χ1v) is 6.65. The highest BCUT2D eigenvalue weighted by Crippen LogP contribution is 2.43. The number of methoxy groups -OCH3 is 1. The molecule has 0 atom stereocenters. The van der Waals surface area contributed by atoms with E-state index in [2.05, 4.69) is 0 Å². The van der Waals surface area contributed by atoms with Gasteiger partial charge in [-0.05, 0) is 30.8 Å². The van der Waals surface area contributed by atoms with E-state index in [1.807, 2.05) is 0 Å². The molecule has 0 heterocycles. The van der Waals surface area contributed by atoms with Crippen molar-refractivity contribution in [3.8, 4) is 11.8 Å². The molecule has 0 unspecified atom stereocenters. The maximum absolute atomic E-state index is 12.7. The second-order valence-electron chi connectivity index (χ2n) is 3.76. The Labute approximate surface area is 123 Å². The Morgan fingerprint density at radius 3 is 2.57 bits per heavy atom. The Morgan fingerprint density at radius 1 is 1.43 bits per heavy atom. The van der Waals surface area contributed by atoms with Crippen molar-refractivity contribution >= 4 is 17.7 Å². The molecule has 0 aliphatic rings. The van der Waals surface area contributed by atoms with Gasteiger partial charge in [0.2, 0.25) is 0 Å². The molecule has 0 radical (unpaired) electrons. The number of carbonyl (C=O) groups excluding carboxylic acids is 1. The number of carbonyl (C=O) groups is 1. The lowest BCUT2D eigenvalue weighted by molar-refractivity contribution is -0.142. The van der Waals surface area contributed by atoms with Crippen molar-refractivity contribution in [1.82, 2.24) is 0 Å². The number of halogens is 3. The van der Waals surface area contributed by atoms with Crippen molar-refractivity contribution in [1.29, 1.82) is 5.26 Å². The first-order chi connectivity index (χ1) is 9.82. The molecular weight excluding hydrogens is 307 g/mol. The molecule has 0 bridgehead atoms. The van der Waals surface area contributed by atoms with Crippen molar-refractivity contribution in [3.63, 3.8) is 0 Å². The first-order valence-electron chi connectivity index (χ1n) is 5.83. The molecule has 8 heteroatoms. The summed E-state index contributed by atoms with van der Waals surface area (Å²) in [5.41, 5.74) is -4.75. The molecule has 0 fully saturated rings. The molecule has 1 aromatic carbocycles. The monoisotopic (exact) mass is 319 g/mol. The number of ether oxygens (including phenoxy) is 2. The van der Waals surface area contributed by atoms with Crippen LogP contribution in [-0.2, 0) is 16.0 Å². The van der Waals surface area contributed by atoms with Crippen LogP contribution in [-0.4, -0.2) is 25.2 Å². The Hall–Kier alpha value is -1.88. The second kappa shape index (κ2) is 7.22. The van der Waals surface area contributed by atoms with Crippen molar-refractivity contribution in [2.24, 2.45) is 0 Å². The molecule has 0 aromatic heterocycles. The summed E-state index contributed by atoms with van der Waals surface area (Å²) in [5, 5.41) is 8.95. The molecule has 0 N–H and O–H groups in total. The summed E-state index contributed by atoms with van der Waals surface area (Å²) in [6.45, 7) is 1.70. The molecule has 0 aliphatic heterocycles. The SMILES string of the molecule is CCOC(=O)Cc1c(OC)ccc(C#N)c1SC(F)(F)F. The van der Waals surface area contributed by atoms with Gasteiger partial charge in [-0.25, -0.2) is 0 Å². The number of alkyl halides is 3. The zero-order valence-electron chi connectivity index (χ0n) is 11.3. The van der Waals surface area contributed by atoms with E-state index in [0.29, 0.717) is 0 Å². The van der Waals surface area contributed by atoms with Crippen molar-refractivity contribution in [2.75, 3.05) is 13.7 Å². The van der Waals surface area contributed by atoms with Crippen LogP contribution in [0.15, 0.2) is 17.0 Å². The van der Waals surface area contributed by atoms with Gasteiger partial charge in [0, 0.05) is 10.5 Å². The lowest BCUT2D eigenvalue weighted by Crippen LogP contribution is -2.11. The van der Waals surface area contributed by atoms with E-state index >= 15 is 0 Å². The predicted molar refractivity (Wildman–Crippen MR) is 70.0 cm³/mol. The van der Waals surface area contributed by atoms with Crippen LogP contribution in [0.1, 0.15) is 18.1 Å². The van der Waals surface area contributed by atoms with Gasteiger partial charge in [0.05, 0.1) is 25.7 Å². The number of benzene rings is 1. The minimum atomic E-state index is -4.58. The Balaban J connectivity index is 3.34. The number of esters is 1. The van der Waals surface area contributed by atoms with Crippen molar-refractivity contribution < 1.29 is 27.4 Å². The lowest BCUT2D eigenvalue weighted by atomic mass is 10.1. The highest BCUT2D eigenvalue weighted by atomic mass is 32.2. The summed E-state index contributed by atoms with van der Waals surface area (Å²) in [5.74, 6) is -0.580. The fourth-order valence-corrected chi connectivity index (χ4v) is 2.40. The van der Waals surface area contributed by atoms with Crippen LogP contribution in [0.5, 0.6) is 5.75 Å². The Morgan fingerprint density at radius 2 is 2.10 bits per heavy atom. The van der Waals surface area contributed by atoms with E-state index in [1.165, 1.54) is 19.2 Å². The molecule has 1 rings (SSSR count). The summed E-state index contributed by atoms with van der Waals surface area (Å²) >= 11 is -0.442. The number of thioether (sulfide) groups is 1. The van der Waals surface area contributed by atoms with E-state index in [0.717, 1.165) is 0 Å². The molecule has 0 saturated heterocycles. The van der Waals surface area contributed by atoms with Gasteiger partial charge in [0.25, 0.3) is 0 Å². The Kier molecular flexibility index (Phi) is 5.90. The zero-order valence-corrected chi connectivity index (χ0v) is 12.1. The number of hydrogen-bond donors (Lipinski definition) is 0. The summed E-state index contributed by atoms with van der Waals surface area (Å²) in [7, 11) is 1.28. The average Bonchev–Trinajstić information content (AvgIpc) is 2.39. The van der Waals surface area contributed by atoms with E-state index < -0.39 is 29.7 Å². The Bertz CT molecular complexity index is 567. The maximum atomic E-state index is 12.7. The van der Waals surface area contributed by atoms with Gasteiger partial charge in [-0.15, -0.1) is 0 Å². The molecule has 0 saturated carbocycles. The maximum Gasteiger partial charge on any atom is 0.446 e. The number of rotatable bonds is 5. The van der Waals surface area contributed by atoms with Crippen molar-refractivity contribution in [2.45, 2.75) is 23.7 Å². The number of nitriles is 1. The van der Waals surface area contributed by atoms with Crippen LogP contribution >= 0.6 is 11.8 Å². The average molecular weight is 319 g/mol. The van der Waals surface area contributed by atoms with Crippen LogP contribution in [0.25, 0.3) is 0 Å². The third-order valence-electron chi connectivity index (χ3n) is 2.40. The summed E-state index contributed by atoms with van der Waals surface area (Å²) in [6, 6.07) is 4.27. The standard InChI is InChI=1S/C13H12F3NO3S/c1-3-20-11(18)6-9-10(19-2)5-4-8(7-17)12(9)21-13(14,15)16/h4-5H,3,6H2,1-2H3. The minimum Gasteiger partial charge on any atom is -0.496 e. The van der Waals surface area contributed by atoms with E-state index in [1.54, 1.807) is 13.0 Å². The third-order valence-corrected chi connectivity index (χ3v) is 3.30. The van der Waals surface area contributed by atoms with Crippen LogP contribution in [0.2, 0.25) is 0 Å². The second-order valence-corrected chi connectivity index (χ2v) is 4.84. The molecular formula is C13H12F3NO3S. The van der Waals surface area contributed by atoms with E-state index in [9.17, 15) is 18.0 Å². The quantitative estimate of drug-likeness (QED) is 0.616. The van der Waals surface area contributed by atoms with Crippen LogP contribution in [0.3, 0.4) is 0 Å². The molecule has 1 aromatic rings. The van der Waals surface area contributed by atoms with Gasteiger partial charge in [-0.1, -0.05) is 0 Å². The highest BCUT2D eigenvalue weighted by Gasteiger charge is 2.33. The van der Waals surface area contributed by atoms with E-state index in [-0.39, 0.29) is 28.4 Å².